The van der Waals surface area contributed by atoms with Crippen molar-refractivity contribution in [2.24, 2.45) is 0 Å². The number of carbonyl (C=O) groups is 1. The molecule has 25 heavy (non-hydrogen) atoms. The van der Waals surface area contributed by atoms with Crippen molar-refractivity contribution in [1.29, 1.82) is 0 Å². The van der Waals surface area contributed by atoms with Crippen LogP contribution >= 0.6 is 0 Å². The minimum Gasteiger partial charge on any atom is -0.497 e. The number of amides is 1. The molecule has 0 spiro atoms. The van der Waals surface area contributed by atoms with Crippen LogP contribution in [-0.2, 0) is 17.6 Å². The van der Waals surface area contributed by atoms with E-state index >= 15 is 0 Å². The Hall–Kier alpha value is -2.82. The Morgan fingerprint density at radius 1 is 1.24 bits per heavy atom. The van der Waals surface area contributed by atoms with Crippen molar-refractivity contribution < 1.29 is 9.53 Å². The molecule has 2 aromatic heterocycles. The molecule has 5 heteroatoms. The molecule has 0 aliphatic heterocycles. The largest absolute Gasteiger partial charge is 0.497 e. The number of hydrogen-bond donors (Lipinski definition) is 1. The van der Waals surface area contributed by atoms with Gasteiger partial charge in [0.25, 0.3) is 0 Å². The summed E-state index contributed by atoms with van der Waals surface area (Å²) in [6.45, 7) is 2.69. The summed E-state index contributed by atoms with van der Waals surface area (Å²) in [5.41, 5.74) is 4.27. The zero-order valence-electron chi connectivity index (χ0n) is 14.9. The predicted octanol–water partition coefficient (Wildman–Crippen LogP) is 3.12. The molecule has 1 amide bonds. The van der Waals surface area contributed by atoms with Gasteiger partial charge in [0, 0.05) is 42.6 Å². The minimum atomic E-state index is 0.112. The van der Waals surface area contributed by atoms with Gasteiger partial charge in [-0.15, -0.1) is 0 Å². The molecule has 0 radical (unpaired) electrons. The highest BCUT2D eigenvalue weighted by Gasteiger charge is 2.16. The zero-order chi connectivity index (χ0) is 17.8. The van der Waals surface area contributed by atoms with E-state index in [2.05, 4.69) is 9.97 Å². The molecule has 0 bridgehead atoms. The first-order valence-corrected chi connectivity index (χ1v) is 8.36. The van der Waals surface area contributed by atoms with Crippen LogP contribution in [0.3, 0.4) is 0 Å². The minimum absolute atomic E-state index is 0.112. The van der Waals surface area contributed by atoms with Gasteiger partial charge in [-0.05, 0) is 54.8 Å². The number of methoxy groups -OCH3 is 1. The highest BCUT2D eigenvalue weighted by molar-refractivity contribution is 5.91. The van der Waals surface area contributed by atoms with Gasteiger partial charge < -0.3 is 14.6 Å². The van der Waals surface area contributed by atoms with Gasteiger partial charge in [0.15, 0.2) is 0 Å². The maximum Gasteiger partial charge on any atom is 0.226 e. The van der Waals surface area contributed by atoms with Crippen molar-refractivity contribution >= 4 is 16.8 Å². The number of benzene rings is 1. The van der Waals surface area contributed by atoms with Gasteiger partial charge in [0.05, 0.1) is 13.5 Å². The van der Waals surface area contributed by atoms with Gasteiger partial charge >= 0.3 is 0 Å². The quantitative estimate of drug-likeness (QED) is 0.752. The van der Waals surface area contributed by atoms with Gasteiger partial charge in [-0.1, -0.05) is 0 Å². The molecule has 0 aliphatic rings. The van der Waals surface area contributed by atoms with Crippen LogP contribution in [0.15, 0.2) is 42.7 Å². The second kappa shape index (κ2) is 7.38. The second-order valence-electron chi connectivity index (χ2n) is 6.24. The Morgan fingerprint density at radius 2 is 2.00 bits per heavy atom. The Bertz CT molecular complexity index is 871. The number of H-pyrrole nitrogens is 1. The molecule has 5 nitrogen and oxygen atoms in total. The Balaban J connectivity index is 1.71. The summed E-state index contributed by atoms with van der Waals surface area (Å²) >= 11 is 0. The van der Waals surface area contributed by atoms with E-state index in [4.69, 9.17) is 4.74 Å². The van der Waals surface area contributed by atoms with Crippen molar-refractivity contribution in [2.75, 3.05) is 20.7 Å². The molecule has 3 rings (SSSR count). The van der Waals surface area contributed by atoms with E-state index < -0.39 is 0 Å². The highest BCUT2D eigenvalue weighted by Crippen LogP contribution is 2.27. The molecule has 1 N–H and O–H groups in total. The second-order valence-corrected chi connectivity index (χ2v) is 6.24. The summed E-state index contributed by atoms with van der Waals surface area (Å²) in [5.74, 6) is 0.909. The van der Waals surface area contributed by atoms with Crippen LogP contribution in [0.1, 0.15) is 16.8 Å². The lowest BCUT2D eigenvalue weighted by molar-refractivity contribution is -0.129. The SMILES string of the molecule is COc1ccc2[nH]c(C)c(CC(=O)N(C)CCc3ccncc3)c2c1. The number of aromatic amines is 1. The maximum absolute atomic E-state index is 12.7. The van der Waals surface area contributed by atoms with E-state index in [0.29, 0.717) is 13.0 Å². The number of fused-ring (bicyclic) bond motifs is 1. The van der Waals surface area contributed by atoms with E-state index in [1.54, 1.807) is 24.4 Å². The summed E-state index contributed by atoms with van der Waals surface area (Å²) in [4.78, 5) is 21.8. The maximum atomic E-state index is 12.7. The Labute approximate surface area is 147 Å². The molecule has 130 valence electrons. The van der Waals surface area contributed by atoms with Crippen LogP contribution in [0.5, 0.6) is 5.75 Å². The van der Waals surface area contributed by atoms with Crippen LogP contribution in [-0.4, -0.2) is 41.5 Å². The average Bonchev–Trinajstić information content (AvgIpc) is 2.95. The van der Waals surface area contributed by atoms with E-state index in [1.807, 2.05) is 44.3 Å². The number of ether oxygens (including phenoxy) is 1. The van der Waals surface area contributed by atoms with Gasteiger partial charge in [-0.25, -0.2) is 0 Å². The van der Waals surface area contributed by atoms with Crippen LogP contribution < -0.4 is 4.74 Å². The number of rotatable bonds is 6. The van der Waals surface area contributed by atoms with Crippen molar-refractivity contribution in [1.82, 2.24) is 14.9 Å². The molecular formula is C20H23N3O2. The van der Waals surface area contributed by atoms with Crippen molar-refractivity contribution in [3.8, 4) is 5.75 Å². The summed E-state index contributed by atoms with van der Waals surface area (Å²) in [6.07, 6.45) is 4.76. The monoisotopic (exact) mass is 337 g/mol. The number of carbonyl (C=O) groups excluding carboxylic acids is 1. The van der Waals surface area contributed by atoms with Gasteiger partial charge in [-0.3, -0.25) is 9.78 Å². The molecule has 0 fully saturated rings. The van der Waals surface area contributed by atoms with Crippen LogP contribution in [0.2, 0.25) is 0 Å². The predicted molar refractivity (Wildman–Crippen MR) is 98.9 cm³/mol. The van der Waals surface area contributed by atoms with Crippen LogP contribution in [0, 0.1) is 6.92 Å². The lowest BCUT2D eigenvalue weighted by Gasteiger charge is -2.17. The first-order valence-electron chi connectivity index (χ1n) is 8.36. The first kappa shape index (κ1) is 17.0. The zero-order valence-corrected chi connectivity index (χ0v) is 14.9. The molecule has 0 aliphatic carbocycles. The average molecular weight is 337 g/mol. The van der Waals surface area contributed by atoms with E-state index in [9.17, 15) is 4.79 Å². The van der Waals surface area contributed by atoms with Gasteiger partial charge in [-0.2, -0.15) is 0 Å². The molecule has 2 heterocycles. The molecule has 3 aromatic rings. The third-order valence-corrected chi connectivity index (χ3v) is 4.57. The Kier molecular flexibility index (Phi) is 5.03. The molecule has 0 unspecified atom stereocenters. The third kappa shape index (κ3) is 3.82. The van der Waals surface area contributed by atoms with Crippen LogP contribution in [0.25, 0.3) is 10.9 Å². The van der Waals surface area contributed by atoms with Crippen molar-refractivity contribution in [3.63, 3.8) is 0 Å². The fourth-order valence-corrected chi connectivity index (χ4v) is 2.97. The van der Waals surface area contributed by atoms with E-state index in [1.165, 1.54) is 5.56 Å². The lowest BCUT2D eigenvalue weighted by atomic mass is 10.1. The summed E-state index contributed by atoms with van der Waals surface area (Å²) in [6, 6.07) is 9.86. The van der Waals surface area contributed by atoms with E-state index in [-0.39, 0.29) is 5.91 Å². The Morgan fingerprint density at radius 3 is 2.72 bits per heavy atom. The highest BCUT2D eigenvalue weighted by atomic mass is 16.5. The molecule has 1 aromatic carbocycles. The van der Waals surface area contributed by atoms with Gasteiger partial charge in [0.2, 0.25) is 5.91 Å². The number of nitrogens with zero attached hydrogens (tertiary/aromatic N) is 2. The summed E-state index contributed by atoms with van der Waals surface area (Å²) in [5, 5.41) is 1.05. The van der Waals surface area contributed by atoms with Crippen LogP contribution in [0.4, 0.5) is 0 Å². The third-order valence-electron chi connectivity index (χ3n) is 4.57. The fraction of sp³-hybridized carbons (Fsp3) is 0.300. The molecular weight excluding hydrogens is 314 g/mol. The molecule has 0 saturated carbocycles. The molecule has 0 saturated heterocycles. The van der Waals surface area contributed by atoms with Crippen molar-refractivity contribution in [3.05, 3.63) is 59.5 Å². The number of aromatic nitrogens is 2. The smallest absolute Gasteiger partial charge is 0.226 e. The topological polar surface area (TPSA) is 58.2 Å². The first-order chi connectivity index (χ1) is 12.1. The number of aryl methyl sites for hydroxylation is 1. The van der Waals surface area contributed by atoms with Crippen molar-refractivity contribution in [2.45, 2.75) is 19.8 Å². The standard InChI is InChI=1S/C20H23N3O2/c1-14-17(18-12-16(25-3)4-5-19(18)22-14)13-20(24)23(2)11-8-15-6-9-21-10-7-15/h4-7,9-10,12,22H,8,11,13H2,1-3H3. The number of likely N-dealkylation sites (N-methyl/N-ethyl adjacent to an activating group) is 1. The summed E-state index contributed by atoms with van der Waals surface area (Å²) < 4.78 is 5.31. The number of hydrogen-bond acceptors (Lipinski definition) is 3. The fourth-order valence-electron chi connectivity index (χ4n) is 2.97. The number of pyridine rings is 1. The van der Waals surface area contributed by atoms with Gasteiger partial charge in [0.1, 0.15) is 5.75 Å². The molecule has 0 atom stereocenters. The normalized spacial score (nSPS) is 10.8. The van der Waals surface area contributed by atoms with E-state index in [0.717, 1.165) is 34.3 Å². The summed E-state index contributed by atoms with van der Waals surface area (Å²) in [7, 11) is 3.51. The number of nitrogens with one attached hydrogen (secondary N) is 1. The lowest BCUT2D eigenvalue weighted by Crippen LogP contribution is -2.30.